The molecule has 25 heavy (non-hydrogen) atoms. The molecule has 1 aromatic carbocycles. The summed E-state index contributed by atoms with van der Waals surface area (Å²) in [6.45, 7) is 2.50. The number of para-hydroxylation sites is 1. The number of nitrogens with one attached hydrogen (secondary N) is 1. The quantitative estimate of drug-likeness (QED) is 0.917. The molecule has 134 valence electrons. The molecule has 2 heterocycles. The number of amides is 1. The molecule has 8 heteroatoms. The highest BCUT2D eigenvalue weighted by molar-refractivity contribution is 6.01. The van der Waals surface area contributed by atoms with Gasteiger partial charge in [-0.25, -0.2) is 0 Å². The Labute approximate surface area is 143 Å². The number of alkyl halides is 3. The van der Waals surface area contributed by atoms with Crippen molar-refractivity contribution in [3.05, 3.63) is 47.3 Å². The van der Waals surface area contributed by atoms with Gasteiger partial charge in [0.1, 0.15) is 12.7 Å². The van der Waals surface area contributed by atoms with Gasteiger partial charge >= 0.3 is 6.18 Å². The Morgan fingerprint density at radius 1 is 1.28 bits per heavy atom. The van der Waals surface area contributed by atoms with E-state index < -0.39 is 24.8 Å². The highest BCUT2D eigenvalue weighted by Gasteiger charge is 2.41. The van der Waals surface area contributed by atoms with Crippen LogP contribution in [0.4, 0.5) is 18.9 Å². The van der Waals surface area contributed by atoms with Crippen LogP contribution in [-0.2, 0) is 7.05 Å². The average Bonchev–Trinajstić information content (AvgIpc) is 2.91. The molecule has 2 aromatic rings. The molecule has 1 aromatic heterocycles. The third kappa shape index (κ3) is 3.33. The van der Waals surface area contributed by atoms with Crippen LogP contribution in [0.5, 0.6) is 0 Å². The first-order chi connectivity index (χ1) is 11.7. The van der Waals surface area contributed by atoms with E-state index in [0.29, 0.717) is 16.9 Å². The van der Waals surface area contributed by atoms with Crippen molar-refractivity contribution < 1.29 is 18.0 Å². The minimum atomic E-state index is -4.50. The number of hydrogen-bond donors (Lipinski definition) is 1. The van der Waals surface area contributed by atoms with Gasteiger partial charge in [-0.3, -0.25) is 9.48 Å². The van der Waals surface area contributed by atoms with E-state index in [1.54, 1.807) is 36.1 Å². The fourth-order valence-corrected chi connectivity index (χ4v) is 3.08. The number of halogens is 3. The lowest BCUT2D eigenvalue weighted by Crippen LogP contribution is -2.47. The van der Waals surface area contributed by atoms with Crippen LogP contribution in [0.15, 0.2) is 30.5 Å². The number of rotatable bonds is 3. The van der Waals surface area contributed by atoms with Gasteiger partial charge in [0.25, 0.3) is 5.91 Å². The van der Waals surface area contributed by atoms with Crippen molar-refractivity contribution in [3.8, 4) is 0 Å². The number of anilines is 1. The molecular weight excluding hydrogens is 333 g/mol. The van der Waals surface area contributed by atoms with Crippen molar-refractivity contribution in [1.82, 2.24) is 14.7 Å². The Morgan fingerprint density at radius 3 is 2.60 bits per heavy atom. The standard InChI is InChI=1S/C17H19F3N4O/c1-10(2)14-12(8-23(3)22-14)15-21-13-7-5-4-6-11(13)16(25)24(15)9-17(18,19)20/h4-8,10,15,21H,9H2,1-3H3/t15-/m1/s1. The molecule has 0 saturated carbocycles. The molecule has 0 saturated heterocycles. The Kier molecular flexibility index (Phi) is 4.22. The van der Waals surface area contributed by atoms with Gasteiger partial charge in [0.15, 0.2) is 0 Å². The Bertz CT molecular complexity index is 797. The van der Waals surface area contributed by atoms with Crippen molar-refractivity contribution in [2.75, 3.05) is 11.9 Å². The molecule has 5 nitrogen and oxygen atoms in total. The topological polar surface area (TPSA) is 50.2 Å². The molecule has 1 amide bonds. The zero-order valence-electron chi connectivity index (χ0n) is 14.1. The van der Waals surface area contributed by atoms with Crippen molar-refractivity contribution in [2.24, 2.45) is 7.05 Å². The summed E-state index contributed by atoms with van der Waals surface area (Å²) < 4.78 is 40.9. The maximum absolute atomic E-state index is 13.1. The second kappa shape index (κ2) is 6.09. The fraction of sp³-hybridized carbons (Fsp3) is 0.412. The summed E-state index contributed by atoms with van der Waals surface area (Å²) in [6, 6.07) is 6.59. The number of hydrogen-bond acceptors (Lipinski definition) is 3. The Hall–Kier alpha value is -2.51. The summed E-state index contributed by atoms with van der Waals surface area (Å²) in [7, 11) is 1.71. The van der Waals surface area contributed by atoms with Crippen molar-refractivity contribution in [3.63, 3.8) is 0 Å². The number of benzene rings is 1. The molecule has 1 N–H and O–H groups in total. The summed E-state index contributed by atoms with van der Waals surface area (Å²) >= 11 is 0. The van der Waals surface area contributed by atoms with E-state index in [-0.39, 0.29) is 11.5 Å². The van der Waals surface area contributed by atoms with Crippen LogP contribution in [0.2, 0.25) is 0 Å². The van der Waals surface area contributed by atoms with Crippen LogP contribution < -0.4 is 5.32 Å². The normalized spacial score (nSPS) is 17.6. The molecule has 0 unspecified atom stereocenters. The van der Waals surface area contributed by atoms with Gasteiger partial charge in [-0.1, -0.05) is 26.0 Å². The number of fused-ring (bicyclic) bond motifs is 1. The molecule has 0 radical (unpaired) electrons. The number of carbonyl (C=O) groups is 1. The second-order valence-electron chi connectivity index (χ2n) is 6.44. The minimum absolute atomic E-state index is 0.0120. The fourth-order valence-electron chi connectivity index (χ4n) is 3.08. The van der Waals surface area contributed by atoms with E-state index in [0.717, 1.165) is 4.90 Å². The molecule has 0 fully saturated rings. The first-order valence-electron chi connectivity index (χ1n) is 7.94. The van der Waals surface area contributed by atoms with Gasteiger partial charge in [0.2, 0.25) is 0 Å². The molecular formula is C17H19F3N4O. The zero-order chi connectivity index (χ0) is 18.4. The molecule has 1 aliphatic rings. The monoisotopic (exact) mass is 352 g/mol. The van der Waals surface area contributed by atoms with Crippen LogP contribution in [0.1, 0.15) is 47.5 Å². The molecule has 3 rings (SSSR count). The van der Waals surface area contributed by atoms with Crippen LogP contribution in [0.3, 0.4) is 0 Å². The van der Waals surface area contributed by atoms with Gasteiger partial charge in [0.05, 0.1) is 11.3 Å². The predicted octanol–water partition coefficient (Wildman–Crippen LogP) is 3.67. The lowest BCUT2D eigenvalue weighted by Gasteiger charge is -2.38. The van der Waals surface area contributed by atoms with Crippen molar-refractivity contribution in [2.45, 2.75) is 32.1 Å². The van der Waals surface area contributed by atoms with Crippen LogP contribution in [0, 0.1) is 0 Å². The van der Waals surface area contributed by atoms with Crippen molar-refractivity contribution in [1.29, 1.82) is 0 Å². The van der Waals surface area contributed by atoms with E-state index in [4.69, 9.17) is 0 Å². The average molecular weight is 352 g/mol. The third-order valence-corrected chi connectivity index (χ3v) is 4.10. The molecule has 0 spiro atoms. The second-order valence-corrected chi connectivity index (χ2v) is 6.44. The summed E-state index contributed by atoms with van der Waals surface area (Å²) in [4.78, 5) is 13.5. The number of aromatic nitrogens is 2. The highest BCUT2D eigenvalue weighted by atomic mass is 19.4. The Balaban J connectivity index is 2.11. The van der Waals surface area contributed by atoms with E-state index in [1.807, 2.05) is 13.8 Å². The largest absolute Gasteiger partial charge is 0.406 e. The maximum Gasteiger partial charge on any atom is 0.406 e. The van der Waals surface area contributed by atoms with Crippen LogP contribution in [-0.4, -0.2) is 33.3 Å². The van der Waals surface area contributed by atoms with Gasteiger partial charge in [0, 0.05) is 24.5 Å². The third-order valence-electron chi connectivity index (χ3n) is 4.10. The number of carbonyl (C=O) groups excluding carboxylic acids is 1. The predicted molar refractivity (Wildman–Crippen MR) is 87.2 cm³/mol. The first-order valence-corrected chi connectivity index (χ1v) is 7.94. The van der Waals surface area contributed by atoms with E-state index in [9.17, 15) is 18.0 Å². The van der Waals surface area contributed by atoms with Gasteiger partial charge in [-0.15, -0.1) is 0 Å². The molecule has 1 aliphatic heterocycles. The summed E-state index contributed by atoms with van der Waals surface area (Å²) in [6.07, 6.45) is -3.75. The number of aryl methyl sites for hydroxylation is 1. The molecule has 0 bridgehead atoms. The lowest BCUT2D eigenvalue weighted by atomic mass is 10.00. The minimum Gasteiger partial charge on any atom is -0.361 e. The van der Waals surface area contributed by atoms with Gasteiger partial charge in [-0.2, -0.15) is 18.3 Å². The summed E-state index contributed by atoms with van der Waals surface area (Å²) in [5.74, 6) is -0.631. The van der Waals surface area contributed by atoms with E-state index in [2.05, 4.69) is 10.4 Å². The smallest absolute Gasteiger partial charge is 0.361 e. The Morgan fingerprint density at radius 2 is 1.96 bits per heavy atom. The molecule has 1 atom stereocenters. The summed E-state index contributed by atoms with van der Waals surface area (Å²) in [5.41, 5.74) is 2.00. The first kappa shape index (κ1) is 17.3. The van der Waals surface area contributed by atoms with Gasteiger partial charge < -0.3 is 10.2 Å². The van der Waals surface area contributed by atoms with Gasteiger partial charge in [-0.05, 0) is 18.1 Å². The van der Waals surface area contributed by atoms with Crippen molar-refractivity contribution >= 4 is 11.6 Å². The highest BCUT2D eigenvalue weighted by Crippen LogP contribution is 2.37. The number of nitrogens with zero attached hydrogens (tertiary/aromatic N) is 3. The SMILES string of the molecule is CC(C)c1nn(C)cc1[C@@H]1Nc2ccccc2C(=O)N1CC(F)(F)F. The maximum atomic E-state index is 13.1. The van der Waals surface area contributed by atoms with E-state index >= 15 is 0 Å². The van der Waals surface area contributed by atoms with Crippen LogP contribution in [0.25, 0.3) is 0 Å². The van der Waals surface area contributed by atoms with Crippen LogP contribution >= 0.6 is 0 Å². The summed E-state index contributed by atoms with van der Waals surface area (Å²) in [5, 5.41) is 7.43. The lowest BCUT2D eigenvalue weighted by molar-refractivity contribution is -0.144. The molecule has 0 aliphatic carbocycles. The zero-order valence-corrected chi connectivity index (χ0v) is 14.1. The van der Waals surface area contributed by atoms with E-state index in [1.165, 1.54) is 6.07 Å².